The Balaban J connectivity index is 1.89. The first-order valence-corrected chi connectivity index (χ1v) is 9.20. The summed E-state index contributed by atoms with van der Waals surface area (Å²) >= 11 is 0. The smallest absolute Gasteiger partial charge is 0.164 e. The summed E-state index contributed by atoms with van der Waals surface area (Å²) in [7, 11) is 0. The minimum Gasteiger partial charge on any atom is -0.294 e. The van der Waals surface area contributed by atoms with Gasteiger partial charge in [0.1, 0.15) is 0 Å². The number of Topliss-reactive ketones (excluding diaryl/α,β-unsaturated/α-hetero) is 1. The number of fused-ring (bicyclic) bond motifs is 4. The van der Waals surface area contributed by atoms with Gasteiger partial charge in [-0.3, -0.25) is 4.79 Å². The zero-order chi connectivity index (χ0) is 18.4. The molecule has 0 spiro atoms. The maximum absolute atomic E-state index is 12.8. The maximum Gasteiger partial charge on any atom is 0.164 e. The topological polar surface area (TPSA) is 40.9 Å². The highest BCUT2D eigenvalue weighted by Gasteiger charge is 2.37. The van der Waals surface area contributed by atoms with Crippen molar-refractivity contribution >= 4 is 27.3 Å². The SMILES string of the molecule is N#CC1CC(=O)c2ccc3ccccc3c2C1c1cccc2ccccc12. The zero-order valence-electron chi connectivity index (χ0n) is 14.7. The summed E-state index contributed by atoms with van der Waals surface area (Å²) in [6.07, 6.45) is 0.274. The Morgan fingerprint density at radius 3 is 2.22 bits per heavy atom. The van der Waals surface area contributed by atoms with Crippen molar-refractivity contribution in [2.45, 2.75) is 12.3 Å². The van der Waals surface area contributed by atoms with E-state index in [1.165, 1.54) is 0 Å². The Morgan fingerprint density at radius 2 is 1.44 bits per heavy atom. The molecule has 1 aliphatic carbocycles. The third-order valence-corrected chi connectivity index (χ3v) is 5.71. The molecule has 2 heteroatoms. The highest BCUT2D eigenvalue weighted by Crippen LogP contribution is 2.45. The molecule has 5 rings (SSSR count). The summed E-state index contributed by atoms with van der Waals surface area (Å²) in [6.45, 7) is 0. The van der Waals surface area contributed by atoms with Crippen molar-refractivity contribution in [1.29, 1.82) is 5.26 Å². The average Bonchev–Trinajstić information content (AvgIpc) is 2.73. The number of hydrogen-bond acceptors (Lipinski definition) is 2. The van der Waals surface area contributed by atoms with Crippen LogP contribution in [-0.2, 0) is 0 Å². The molecule has 2 unspecified atom stereocenters. The summed E-state index contributed by atoms with van der Waals surface area (Å²) in [5, 5.41) is 14.4. The lowest BCUT2D eigenvalue weighted by Crippen LogP contribution is -2.25. The third-order valence-electron chi connectivity index (χ3n) is 5.71. The molecule has 0 aromatic heterocycles. The molecule has 0 heterocycles. The predicted octanol–water partition coefficient (Wildman–Crippen LogP) is 5.85. The van der Waals surface area contributed by atoms with E-state index in [4.69, 9.17) is 0 Å². The average molecular weight is 347 g/mol. The molecular formula is C25H17NO. The largest absolute Gasteiger partial charge is 0.294 e. The van der Waals surface area contributed by atoms with E-state index in [1.807, 2.05) is 42.5 Å². The Morgan fingerprint density at radius 1 is 0.778 bits per heavy atom. The molecule has 27 heavy (non-hydrogen) atoms. The van der Waals surface area contributed by atoms with Crippen molar-refractivity contribution in [1.82, 2.24) is 0 Å². The summed E-state index contributed by atoms with van der Waals surface area (Å²) < 4.78 is 0. The van der Waals surface area contributed by atoms with Gasteiger partial charge in [0.2, 0.25) is 0 Å². The Bertz CT molecular complexity index is 1240. The first kappa shape index (κ1) is 15.8. The number of rotatable bonds is 1. The van der Waals surface area contributed by atoms with E-state index < -0.39 is 0 Å². The highest BCUT2D eigenvalue weighted by atomic mass is 16.1. The standard InChI is InChI=1S/C25H17NO/c26-15-18-14-23(27)22-13-12-17-7-2-4-10-20(17)25(22)24(18)21-11-5-8-16-6-1-3-9-19(16)21/h1-13,18,24H,14H2. The van der Waals surface area contributed by atoms with Gasteiger partial charge in [-0.05, 0) is 32.7 Å². The first-order chi connectivity index (χ1) is 13.3. The molecule has 128 valence electrons. The van der Waals surface area contributed by atoms with E-state index in [-0.39, 0.29) is 24.0 Å². The summed E-state index contributed by atoms with van der Waals surface area (Å²) in [5.74, 6) is -0.402. The lowest BCUT2D eigenvalue weighted by atomic mass is 9.69. The Hall–Kier alpha value is -3.44. The fraction of sp³-hybridized carbons (Fsp3) is 0.120. The lowest BCUT2D eigenvalue weighted by molar-refractivity contribution is 0.0956. The molecule has 1 aliphatic rings. The fourth-order valence-corrected chi connectivity index (χ4v) is 4.52. The van der Waals surface area contributed by atoms with Gasteiger partial charge < -0.3 is 0 Å². The lowest BCUT2D eigenvalue weighted by Gasteiger charge is -2.31. The van der Waals surface area contributed by atoms with Crippen LogP contribution in [0.5, 0.6) is 0 Å². The Labute approximate surface area is 157 Å². The molecule has 0 saturated heterocycles. The van der Waals surface area contributed by atoms with Gasteiger partial charge in [0.25, 0.3) is 0 Å². The Kier molecular flexibility index (Phi) is 3.55. The second-order valence-corrected chi connectivity index (χ2v) is 7.16. The number of carbonyl (C=O) groups excluding carboxylic acids is 1. The van der Waals surface area contributed by atoms with Gasteiger partial charge >= 0.3 is 0 Å². The number of nitriles is 1. The number of nitrogens with zero attached hydrogens (tertiary/aromatic N) is 1. The molecule has 0 fully saturated rings. The molecule has 4 aromatic carbocycles. The van der Waals surface area contributed by atoms with Crippen LogP contribution in [0, 0.1) is 17.2 Å². The van der Waals surface area contributed by atoms with Crippen molar-refractivity contribution in [3.8, 4) is 6.07 Å². The highest BCUT2D eigenvalue weighted by molar-refractivity contribution is 6.05. The first-order valence-electron chi connectivity index (χ1n) is 9.20. The molecule has 0 bridgehead atoms. The van der Waals surface area contributed by atoms with E-state index in [9.17, 15) is 10.1 Å². The number of ketones is 1. The molecule has 2 nitrogen and oxygen atoms in total. The minimum atomic E-state index is -0.360. The van der Waals surface area contributed by atoms with Gasteiger partial charge in [-0.25, -0.2) is 0 Å². The maximum atomic E-state index is 12.8. The van der Waals surface area contributed by atoms with Crippen LogP contribution >= 0.6 is 0 Å². The van der Waals surface area contributed by atoms with Crippen LogP contribution in [0.1, 0.15) is 33.8 Å². The summed E-state index contributed by atoms with van der Waals surface area (Å²) in [5.41, 5.74) is 2.90. The number of benzene rings is 4. The van der Waals surface area contributed by atoms with Crippen molar-refractivity contribution < 1.29 is 4.79 Å². The van der Waals surface area contributed by atoms with E-state index in [0.29, 0.717) is 0 Å². The number of hydrogen-bond donors (Lipinski definition) is 0. The van der Waals surface area contributed by atoms with Gasteiger partial charge in [0, 0.05) is 17.9 Å². The van der Waals surface area contributed by atoms with Crippen LogP contribution < -0.4 is 0 Å². The molecule has 0 amide bonds. The van der Waals surface area contributed by atoms with Gasteiger partial charge in [0.15, 0.2) is 5.78 Å². The van der Waals surface area contributed by atoms with Crippen LogP contribution in [0.2, 0.25) is 0 Å². The van der Waals surface area contributed by atoms with Gasteiger partial charge in [-0.1, -0.05) is 78.9 Å². The van der Waals surface area contributed by atoms with E-state index >= 15 is 0 Å². The van der Waals surface area contributed by atoms with Crippen molar-refractivity contribution in [3.63, 3.8) is 0 Å². The van der Waals surface area contributed by atoms with E-state index in [2.05, 4.69) is 42.5 Å². The zero-order valence-corrected chi connectivity index (χ0v) is 14.7. The van der Waals surface area contributed by atoms with Crippen molar-refractivity contribution in [3.05, 3.63) is 95.6 Å². The van der Waals surface area contributed by atoms with Gasteiger partial charge in [-0.2, -0.15) is 5.26 Å². The van der Waals surface area contributed by atoms with Crippen LogP contribution in [0.4, 0.5) is 0 Å². The molecular weight excluding hydrogens is 330 g/mol. The quantitative estimate of drug-likeness (QED) is 0.433. The predicted molar refractivity (Wildman–Crippen MR) is 108 cm³/mol. The van der Waals surface area contributed by atoms with E-state index in [1.54, 1.807) is 0 Å². The molecule has 2 atom stereocenters. The molecule has 0 radical (unpaired) electrons. The summed E-state index contributed by atoms with van der Waals surface area (Å²) in [6, 6.07) is 29.1. The van der Waals surface area contributed by atoms with E-state index in [0.717, 1.165) is 38.2 Å². The van der Waals surface area contributed by atoms with Gasteiger partial charge in [0.05, 0.1) is 12.0 Å². The second-order valence-electron chi connectivity index (χ2n) is 7.16. The minimum absolute atomic E-state index is 0.0683. The van der Waals surface area contributed by atoms with Crippen LogP contribution in [0.15, 0.2) is 78.9 Å². The molecule has 0 aliphatic heterocycles. The third kappa shape index (κ3) is 2.36. The monoisotopic (exact) mass is 347 g/mol. The second kappa shape index (κ2) is 6.07. The fourth-order valence-electron chi connectivity index (χ4n) is 4.52. The normalized spacial score (nSPS) is 19.0. The molecule has 0 N–H and O–H groups in total. The molecule has 0 saturated carbocycles. The van der Waals surface area contributed by atoms with Crippen molar-refractivity contribution in [2.24, 2.45) is 5.92 Å². The van der Waals surface area contributed by atoms with Crippen LogP contribution in [0.25, 0.3) is 21.5 Å². The van der Waals surface area contributed by atoms with Crippen LogP contribution in [-0.4, -0.2) is 5.78 Å². The summed E-state index contributed by atoms with van der Waals surface area (Å²) in [4.78, 5) is 12.8. The van der Waals surface area contributed by atoms with Crippen LogP contribution in [0.3, 0.4) is 0 Å². The van der Waals surface area contributed by atoms with Crippen molar-refractivity contribution in [2.75, 3.05) is 0 Å². The molecule has 4 aromatic rings. The van der Waals surface area contributed by atoms with Gasteiger partial charge in [-0.15, -0.1) is 0 Å². The number of carbonyl (C=O) groups is 1.